The summed E-state index contributed by atoms with van der Waals surface area (Å²) in [5.41, 5.74) is 1.80. The third-order valence-electron chi connectivity index (χ3n) is 6.74. The van der Waals surface area contributed by atoms with Crippen LogP contribution < -0.4 is 10.1 Å². The molecule has 31 heavy (non-hydrogen) atoms. The van der Waals surface area contributed by atoms with Crippen LogP contribution in [0.25, 0.3) is 0 Å². The van der Waals surface area contributed by atoms with E-state index in [4.69, 9.17) is 16.3 Å². The Balaban J connectivity index is 0.00000231. The van der Waals surface area contributed by atoms with Crippen LogP contribution in [0.4, 0.5) is 4.39 Å². The number of aromatic nitrogens is 3. The number of hydrogen-bond donors (Lipinski definition) is 1. The molecule has 1 atom stereocenters. The Labute approximate surface area is 191 Å². The van der Waals surface area contributed by atoms with Crippen molar-refractivity contribution >= 4 is 29.9 Å². The number of nitrogens with one attached hydrogen (secondary N) is 1. The number of halogens is 3. The van der Waals surface area contributed by atoms with Crippen molar-refractivity contribution in [2.75, 3.05) is 19.6 Å². The molecule has 1 saturated heterocycles. The smallest absolute Gasteiger partial charge is 0.223 e. The molecule has 1 saturated carbocycles. The molecule has 0 bridgehead atoms. The summed E-state index contributed by atoms with van der Waals surface area (Å²) in [6.07, 6.45) is 3.55. The van der Waals surface area contributed by atoms with Gasteiger partial charge in [0.05, 0.1) is 6.04 Å². The van der Waals surface area contributed by atoms with Crippen LogP contribution in [0.15, 0.2) is 6.07 Å². The molecule has 1 aromatic carbocycles. The van der Waals surface area contributed by atoms with Crippen LogP contribution in [0, 0.1) is 18.2 Å². The van der Waals surface area contributed by atoms with Gasteiger partial charge in [-0.1, -0.05) is 11.6 Å². The number of fused-ring (bicyclic) bond motifs is 1. The van der Waals surface area contributed by atoms with Crippen molar-refractivity contribution in [1.82, 2.24) is 25.0 Å². The van der Waals surface area contributed by atoms with Crippen LogP contribution in [0.5, 0.6) is 5.75 Å². The lowest BCUT2D eigenvalue weighted by Crippen LogP contribution is -2.40. The molecule has 0 radical (unpaired) electrons. The van der Waals surface area contributed by atoms with Gasteiger partial charge in [-0.3, -0.25) is 4.79 Å². The van der Waals surface area contributed by atoms with Crippen molar-refractivity contribution in [3.63, 3.8) is 0 Å². The SMILES string of the molecule is Cc1nnc(COc2c(F)cc(Cl)c3c2[C@@H](CN2CC4(CC4)CC2=O)NCC3)n1C.Cl. The van der Waals surface area contributed by atoms with Gasteiger partial charge in [-0.2, -0.15) is 0 Å². The van der Waals surface area contributed by atoms with Crippen molar-refractivity contribution in [1.29, 1.82) is 0 Å². The largest absolute Gasteiger partial charge is 0.482 e. The number of nitrogens with zero attached hydrogens (tertiary/aromatic N) is 4. The second kappa shape index (κ2) is 8.22. The molecule has 1 N–H and O–H groups in total. The van der Waals surface area contributed by atoms with E-state index in [1.807, 2.05) is 23.4 Å². The normalized spacial score (nSPS) is 21.2. The first-order valence-electron chi connectivity index (χ1n) is 10.4. The van der Waals surface area contributed by atoms with E-state index in [-0.39, 0.29) is 42.1 Å². The lowest BCUT2D eigenvalue weighted by molar-refractivity contribution is -0.128. The van der Waals surface area contributed by atoms with Crippen molar-refractivity contribution in [2.24, 2.45) is 12.5 Å². The molecule has 2 aromatic rings. The molecule has 1 amide bonds. The molecule has 10 heteroatoms. The van der Waals surface area contributed by atoms with E-state index in [1.54, 1.807) is 0 Å². The highest BCUT2D eigenvalue weighted by molar-refractivity contribution is 6.31. The summed E-state index contributed by atoms with van der Waals surface area (Å²) in [4.78, 5) is 14.4. The number of carbonyl (C=O) groups is 1. The summed E-state index contributed by atoms with van der Waals surface area (Å²) in [5.74, 6) is 1.23. The third-order valence-corrected chi connectivity index (χ3v) is 7.07. The van der Waals surface area contributed by atoms with E-state index in [2.05, 4.69) is 15.5 Å². The highest BCUT2D eigenvalue weighted by atomic mass is 35.5. The monoisotopic (exact) mass is 469 g/mol. The number of likely N-dealkylation sites (tertiary alicyclic amines) is 1. The first-order valence-corrected chi connectivity index (χ1v) is 10.7. The summed E-state index contributed by atoms with van der Waals surface area (Å²) in [7, 11) is 1.85. The molecule has 2 fully saturated rings. The second-order valence-electron chi connectivity index (χ2n) is 8.78. The predicted molar refractivity (Wildman–Crippen MR) is 116 cm³/mol. The molecule has 7 nitrogen and oxygen atoms in total. The zero-order chi connectivity index (χ0) is 21.0. The fourth-order valence-corrected chi connectivity index (χ4v) is 4.94. The van der Waals surface area contributed by atoms with Gasteiger partial charge in [0, 0.05) is 37.1 Å². The fourth-order valence-electron chi connectivity index (χ4n) is 4.65. The number of aryl methyl sites for hydroxylation is 1. The first kappa shape index (κ1) is 22.3. The van der Waals surface area contributed by atoms with Gasteiger partial charge in [-0.05, 0) is 49.8 Å². The van der Waals surface area contributed by atoms with E-state index >= 15 is 0 Å². The molecule has 5 rings (SSSR count). The number of hydrogen-bond acceptors (Lipinski definition) is 5. The van der Waals surface area contributed by atoms with Crippen molar-refractivity contribution in [2.45, 2.75) is 45.3 Å². The van der Waals surface area contributed by atoms with Crippen LogP contribution in [0.2, 0.25) is 5.02 Å². The quantitative estimate of drug-likeness (QED) is 0.727. The molecule has 0 unspecified atom stereocenters. The summed E-state index contributed by atoms with van der Waals surface area (Å²) in [6.45, 7) is 3.95. The zero-order valence-electron chi connectivity index (χ0n) is 17.6. The molecule has 1 aliphatic carbocycles. The Hall–Kier alpha value is -1.90. The minimum Gasteiger partial charge on any atom is -0.482 e. The van der Waals surface area contributed by atoms with Crippen LogP contribution in [0.3, 0.4) is 0 Å². The fraction of sp³-hybridized carbons (Fsp3) is 0.571. The number of benzene rings is 1. The van der Waals surface area contributed by atoms with Gasteiger partial charge < -0.3 is 19.5 Å². The Morgan fingerprint density at radius 2 is 2.16 bits per heavy atom. The Kier molecular flexibility index (Phi) is 5.91. The Bertz CT molecular complexity index is 1020. The van der Waals surface area contributed by atoms with Gasteiger partial charge in [0.15, 0.2) is 17.4 Å². The average Bonchev–Trinajstić information content (AvgIpc) is 3.29. The summed E-state index contributed by atoms with van der Waals surface area (Å²) >= 11 is 6.40. The first-order chi connectivity index (χ1) is 14.4. The maximum Gasteiger partial charge on any atom is 0.223 e. The Morgan fingerprint density at radius 1 is 1.39 bits per heavy atom. The number of amides is 1. The van der Waals surface area contributed by atoms with Gasteiger partial charge in [0.2, 0.25) is 5.91 Å². The lowest BCUT2D eigenvalue weighted by atomic mass is 9.92. The van der Waals surface area contributed by atoms with E-state index in [0.29, 0.717) is 30.2 Å². The standard InChI is InChI=1S/C21H25ClFN5O2.ClH/c1-12-25-26-17(27(12)2)10-30-20-15(23)7-14(22)13-3-6-24-16(19(13)20)9-28-11-21(4-5-21)8-18(28)29;/h7,16,24H,3-6,8-11H2,1-2H3;1H/t16-;/m1./s1. The number of carbonyl (C=O) groups excluding carboxylic acids is 1. The van der Waals surface area contributed by atoms with Gasteiger partial charge in [-0.25, -0.2) is 4.39 Å². The van der Waals surface area contributed by atoms with Crippen LogP contribution in [-0.4, -0.2) is 45.2 Å². The van der Waals surface area contributed by atoms with Crippen molar-refractivity contribution < 1.29 is 13.9 Å². The van der Waals surface area contributed by atoms with Gasteiger partial charge in [0.1, 0.15) is 12.4 Å². The maximum absolute atomic E-state index is 15.0. The molecular weight excluding hydrogens is 444 g/mol. The summed E-state index contributed by atoms with van der Waals surface area (Å²) in [5, 5.41) is 12.0. The molecule has 3 heterocycles. The van der Waals surface area contributed by atoms with E-state index in [1.165, 1.54) is 6.07 Å². The van der Waals surface area contributed by atoms with E-state index < -0.39 is 5.82 Å². The lowest BCUT2D eigenvalue weighted by Gasteiger charge is -2.32. The van der Waals surface area contributed by atoms with Gasteiger partial charge in [0.25, 0.3) is 0 Å². The summed E-state index contributed by atoms with van der Waals surface area (Å²) < 4.78 is 22.7. The third kappa shape index (κ3) is 4.01. The van der Waals surface area contributed by atoms with E-state index in [9.17, 15) is 9.18 Å². The highest BCUT2D eigenvalue weighted by Gasteiger charge is 2.52. The molecule has 168 valence electrons. The minimum atomic E-state index is -0.502. The topological polar surface area (TPSA) is 72.3 Å². The highest BCUT2D eigenvalue weighted by Crippen LogP contribution is 2.53. The van der Waals surface area contributed by atoms with Crippen LogP contribution >= 0.6 is 24.0 Å². The number of ether oxygens (including phenoxy) is 1. The van der Waals surface area contributed by atoms with Crippen molar-refractivity contribution in [3.05, 3.63) is 39.7 Å². The summed E-state index contributed by atoms with van der Waals surface area (Å²) in [6, 6.07) is 1.09. The predicted octanol–water partition coefficient (Wildman–Crippen LogP) is 3.12. The molecule has 1 spiro atoms. The molecule has 1 aromatic heterocycles. The van der Waals surface area contributed by atoms with E-state index in [0.717, 1.165) is 42.9 Å². The maximum atomic E-state index is 15.0. The zero-order valence-corrected chi connectivity index (χ0v) is 19.2. The van der Waals surface area contributed by atoms with Crippen LogP contribution in [-0.2, 0) is 24.9 Å². The molecule has 2 aliphatic heterocycles. The minimum absolute atomic E-state index is 0. The van der Waals surface area contributed by atoms with Gasteiger partial charge in [-0.15, -0.1) is 22.6 Å². The average molecular weight is 470 g/mol. The number of rotatable bonds is 5. The molecule has 3 aliphatic rings. The van der Waals surface area contributed by atoms with Crippen LogP contribution in [0.1, 0.15) is 48.1 Å². The molecular formula is C21H26Cl2FN5O2. The van der Waals surface area contributed by atoms with Crippen molar-refractivity contribution in [3.8, 4) is 5.75 Å². The second-order valence-corrected chi connectivity index (χ2v) is 9.19. The van der Waals surface area contributed by atoms with Gasteiger partial charge >= 0.3 is 0 Å². The Morgan fingerprint density at radius 3 is 2.81 bits per heavy atom.